The van der Waals surface area contributed by atoms with Crippen LogP contribution in [0.2, 0.25) is 0 Å². The lowest BCUT2D eigenvalue weighted by Crippen LogP contribution is -1.92. The van der Waals surface area contributed by atoms with Crippen molar-refractivity contribution in [3.05, 3.63) is 54.1 Å². The number of rotatable bonds is 9. The van der Waals surface area contributed by atoms with E-state index < -0.39 is 0 Å². The van der Waals surface area contributed by atoms with Crippen molar-refractivity contribution >= 4 is 38.0 Å². The Kier molecular flexibility index (Phi) is 5.48. The van der Waals surface area contributed by atoms with Crippen LogP contribution in [0.4, 0.5) is 5.69 Å². The summed E-state index contributed by atoms with van der Waals surface area (Å²) in [5.41, 5.74) is 8.58. The van der Waals surface area contributed by atoms with Gasteiger partial charge in [0.25, 0.3) is 0 Å². The zero-order chi connectivity index (χ0) is 18.6. The molecule has 140 valence electrons. The molecular formula is C26H31N. The molecule has 4 aromatic carbocycles. The van der Waals surface area contributed by atoms with Crippen LogP contribution in [-0.4, -0.2) is 0 Å². The lowest BCUT2D eigenvalue weighted by atomic mass is 9.91. The van der Waals surface area contributed by atoms with E-state index in [9.17, 15) is 0 Å². The minimum Gasteiger partial charge on any atom is -0.398 e. The average Bonchev–Trinajstić information content (AvgIpc) is 2.69. The van der Waals surface area contributed by atoms with Gasteiger partial charge in [-0.3, -0.25) is 0 Å². The first-order valence-corrected chi connectivity index (χ1v) is 10.7. The second-order valence-electron chi connectivity index (χ2n) is 8.07. The SMILES string of the molecule is CCCCCCCCCCc1cc2ccc3ccc(N)c4ccc(c1)c2c34. The fourth-order valence-electron chi connectivity index (χ4n) is 4.51. The quantitative estimate of drug-likeness (QED) is 0.184. The van der Waals surface area contributed by atoms with E-state index in [0.717, 1.165) is 5.69 Å². The van der Waals surface area contributed by atoms with Gasteiger partial charge in [0.1, 0.15) is 0 Å². The summed E-state index contributed by atoms with van der Waals surface area (Å²) < 4.78 is 0. The summed E-state index contributed by atoms with van der Waals surface area (Å²) in [6.45, 7) is 2.28. The Hall–Kier alpha value is -2.28. The summed E-state index contributed by atoms with van der Waals surface area (Å²) >= 11 is 0. The number of nitrogens with two attached hydrogens (primary N) is 1. The molecular weight excluding hydrogens is 326 g/mol. The van der Waals surface area contributed by atoms with Crippen LogP contribution in [0.5, 0.6) is 0 Å². The first-order chi connectivity index (χ1) is 13.3. The molecule has 4 aromatic rings. The van der Waals surface area contributed by atoms with E-state index in [-0.39, 0.29) is 0 Å². The monoisotopic (exact) mass is 357 g/mol. The minimum atomic E-state index is 0.875. The molecule has 0 spiro atoms. The molecule has 27 heavy (non-hydrogen) atoms. The first-order valence-electron chi connectivity index (χ1n) is 10.7. The highest BCUT2D eigenvalue weighted by Crippen LogP contribution is 2.37. The summed E-state index contributed by atoms with van der Waals surface area (Å²) in [5, 5.41) is 7.87. The van der Waals surface area contributed by atoms with Gasteiger partial charge in [0, 0.05) is 11.1 Å². The molecule has 0 aliphatic rings. The van der Waals surface area contributed by atoms with Crippen molar-refractivity contribution in [2.24, 2.45) is 0 Å². The summed E-state index contributed by atoms with van der Waals surface area (Å²) in [4.78, 5) is 0. The van der Waals surface area contributed by atoms with Crippen molar-refractivity contribution < 1.29 is 0 Å². The predicted molar refractivity (Wildman–Crippen MR) is 121 cm³/mol. The van der Waals surface area contributed by atoms with Crippen LogP contribution < -0.4 is 5.73 Å². The van der Waals surface area contributed by atoms with E-state index in [4.69, 9.17) is 5.73 Å². The molecule has 0 aliphatic carbocycles. The van der Waals surface area contributed by atoms with Crippen LogP contribution in [0.15, 0.2) is 48.5 Å². The van der Waals surface area contributed by atoms with E-state index in [1.54, 1.807) is 0 Å². The van der Waals surface area contributed by atoms with Gasteiger partial charge < -0.3 is 5.73 Å². The molecule has 0 saturated heterocycles. The second kappa shape index (κ2) is 8.17. The summed E-state index contributed by atoms with van der Waals surface area (Å²) in [7, 11) is 0. The molecule has 0 aromatic heterocycles. The third-order valence-corrected chi connectivity index (χ3v) is 6.01. The van der Waals surface area contributed by atoms with Gasteiger partial charge in [0.2, 0.25) is 0 Å². The number of benzene rings is 4. The normalized spacial score (nSPS) is 11.9. The molecule has 0 fully saturated rings. The highest BCUT2D eigenvalue weighted by Gasteiger charge is 2.10. The molecule has 0 unspecified atom stereocenters. The molecule has 4 rings (SSSR count). The molecule has 0 saturated carbocycles. The molecule has 0 amide bonds. The van der Waals surface area contributed by atoms with Gasteiger partial charge >= 0.3 is 0 Å². The van der Waals surface area contributed by atoms with Crippen LogP contribution in [0, 0.1) is 0 Å². The summed E-state index contributed by atoms with van der Waals surface area (Å²) in [6, 6.07) is 17.9. The lowest BCUT2D eigenvalue weighted by molar-refractivity contribution is 0.575. The largest absolute Gasteiger partial charge is 0.398 e. The average molecular weight is 358 g/mol. The van der Waals surface area contributed by atoms with Gasteiger partial charge in [0.15, 0.2) is 0 Å². The van der Waals surface area contributed by atoms with Crippen molar-refractivity contribution in [2.45, 2.75) is 64.7 Å². The molecule has 1 heteroatoms. The van der Waals surface area contributed by atoms with Gasteiger partial charge in [0.05, 0.1) is 0 Å². The van der Waals surface area contributed by atoms with E-state index >= 15 is 0 Å². The molecule has 0 aliphatic heterocycles. The van der Waals surface area contributed by atoms with Crippen molar-refractivity contribution in [2.75, 3.05) is 5.73 Å². The number of hydrogen-bond donors (Lipinski definition) is 1. The zero-order valence-electron chi connectivity index (χ0n) is 16.6. The maximum Gasteiger partial charge on any atom is 0.0394 e. The third-order valence-electron chi connectivity index (χ3n) is 6.01. The van der Waals surface area contributed by atoms with Gasteiger partial charge in [-0.05, 0) is 51.4 Å². The summed E-state index contributed by atoms with van der Waals surface area (Å²) in [5.74, 6) is 0. The predicted octanol–water partition coefficient (Wildman–Crippen LogP) is 7.85. The standard InChI is InChI=1S/C26H31N/c1-2-3-4-5-6-7-8-9-10-19-17-21-12-11-20-14-16-24(27)23-15-13-22(18-19)25(21)26(20)23/h11-18H,2-10,27H2,1H3. The highest BCUT2D eigenvalue weighted by molar-refractivity contribution is 6.25. The minimum absolute atomic E-state index is 0.875. The van der Waals surface area contributed by atoms with E-state index in [1.807, 2.05) is 6.07 Å². The number of anilines is 1. The fraction of sp³-hybridized carbons (Fsp3) is 0.385. The Bertz CT molecular complexity index is 1010. The maximum atomic E-state index is 6.23. The number of nitrogen functional groups attached to an aromatic ring is 1. The molecule has 1 nitrogen and oxygen atoms in total. The Morgan fingerprint density at radius 3 is 1.96 bits per heavy atom. The Morgan fingerprint density at radius 2 is 1.22 bits per heavy atom. The molecule has 2 N–H and O–H groups in total. The molecule has 0 heterocycles. The Morgan fingerprint density at radius 1 is 0.630 bits per heavy atom. The highest BCUT2D eigenvalue weighted by atomic mass is 14.5. The van der Waals surface area contributed by atoms with Gasteiger partial charge in [-0.25, -0.2) is 0 Å². The summed E-state index contributed by atoms with van der Waals surface area (Å²) in [6.07, 6.45) is 12.2. The van der Waals surface area contributed by atoms with E-state index in [2.05, 4.69) is 49.4 Å². The third kappa shape index (κ3) is 3.74. The molecule has 0 atom stereocenters. The second-order valence-corrected chi connectivity index (χ2v) is 8.07. The Balaban J connectivity index is 1.49. The maximum absolute atomic E-state index is 6.23. The fourth-order valence-corrected chi connectivity index (χ4v) is 4.51. The van der Waals surface area contributed by atoms with E-state index in [1.165, 1.54) is 95.7 Å². The van der Waals surface area contributed by atoms with E-state index in [0.29, 0.717) is 0 Å². The van der Waals surface area contributed by atoms with Gasteiger partial charge in [-0.15, -0.1) is 0 Å². The lowest BCUT2D eigenvalue weighted by Gasteiger charge is -2.14. The first kappa shape index (κ1) is 18.1. The van der Waals surface area contributed by atoms with Crippen LogP contribution in [0.3, 0.4) is 0 Å². The van der Waals surface area contributed by atoms with Crippen LogP contribution in [0.1, 0.15) is 63.9 Å². The van der Waals surface area contributed by atoms with Crippen molar-refractivity contribution in [3.63, 3.8) is 0 Å². The Labute approximate surface area is 162 Å². The smallest absolute Gasteiger partial charge is 0.0394 e. The number of unbranched alkanes of at least 4 members (excludes halogenated alkanes) is 7. The topological polar surface area (TPSA) is 26.0 Å². The molecule has 0 radical (unpaired) electrons. The van der Waals surface area contributed by atoms with Gasteiger partial charge in [-0.2, -0.15) is 0 Å². The van der Waals surface area contributed by atoms with Crippen molar-refractivity contribution in [1.29, 1.82) is 0 Å². The number of hydrogen-bond acceptors (Lipinski definition) is 1. The van der Waals surface area contributed by atoms with Gasteiger partial charge in [-0.1, -0.05) is 94.3 Å². The van der Waals surface area contributed by atoms with Crippen LogP contribution in [-0.2, 0) is 6.42 Å². The zero-order valence-corrected chi connectivity index (χ0v) is 16.6. The van der Waals surface area contributed by atoms with Crippen molar-refractivity contribution in [3.8, 4) is 0 Å². The van der Waals surface area contributed by atoms with Crippen LogP contribution in [0.25, 0.3) is 32.3 Å². The van der Waals surface area contributed by atoms with Crippen molar-refractivity contribution in [1.82, 2.24) is 0 Å². The van der Waals surface area contributed by atoms with Crippen LogP contribution >= 0.6 is 0 Å². The molecule has 0 bridgehead atoms. The number of aryl methyl sites for hydroxylation is 1.